The quantitative estimate of drug-likeness (QED) is 0.874. The molecule has 0 radical (unpaired) electrons. The molecule has 1 aliphatic rings. The van der Waals surface area contributed by atoms with Crippen LogP contribution in [0.25, 0.3) is 10.9 Å². The highest BCUT2D eigenvalue weighted by Gasteiger charge is 2.20. The first-order valence-electron chi connectivity index (χ1n) is 7.07. The van der Waals surface area contributed by atoms with Crippen LogP contribution in [0.4, 0.5) is 0 Å². The van der Waals surface area contributed by atoms with E-state index in [0.29, 0.717) is 5.92 Å². The standard InChI is InChI=1S/C16H22N2/c1-12(9-17)15-11-18(10-13-5-4-6-13)16-8-3-2-7-14(15)16/h2-3,7-8,11-13H,4-6,9-10,17H2,1H3. The molecule has 2 nitrogen and oxygen atoms in total. The Bertz CT molecular complexity index is 537. The average molecular weight is 242 g/mol. The Morgan fingerprint density at radius 2 is 2.11 bits per heavy atom. The van der Waals surface area contributed by atoms with Crippen molar-refractivity contribution in [3.63, 3.8) is 0 Å². The number of fused-ring (bicyclic) bond motifs is 1. The molecule has 1 aromatic heterocycles. The van der Waals surface area contributed by atoms with Crippen LogP contribution < -0.4 is 5.73 Å². The summed E-state index contributed by atoms with van der Waals surface area (Å²) in [5.41, 5.74) is 8.62. The molecule has 0 saturated heterocycles. The van der Waals surface area contributed by atoms with Gasteiger partial charge in [0.05, 0.1) is 0 Å². The summed E-state index contributed by atoms with van der Waals surface area (Å²) in [4.78, 5) is 0. The van der Waals surface area contributed by atoms with E-state index in [-0.39, 0.29) is 0 Å². The molecular weight excluding hydrogens is 220 g/mol. The molecule has 96 valence electrons. The summed E-state index contributed by atoms with van der Waals surface area (Å²) >= 11 is 0. The third-order valence-electron chi connectivity index (χ3n) is 4.38. The number of rotatable bonds is 4. The topological polar surface area (TPSA) is 30.9 Å². The zero-order chi connectivity index (χ0) is 12.5. The van der Waals surface area contributed by atoms with Crippen molar-refractivity contribution in [1.29, 1.82) is 0 Å². The number of hydrogen-bond acceptors (Lipinski definition) is 1. The first kappa shape index (κ1) is 11.8. The second-order valence-corrected chi connectivity index (χ2v) is 5.69. The maximum absolute atomic E-state index is 5.83. The van der Waals surface area contributed by atoms with E-state index in [2.05, 4.69) is 42.0 Å². The lowest BCUT2D eigenvalue weighted by atomic mass is 9.85. The molecule has 1 aromatic carbocycles. The van der Waals surface area contributed by atoms with Crippen LogP contribution >= 0.6 is 0 Å². The van der Waals surface area contributed by atoms with Crippen molar-refractivity contribution in [2.24, 2.45) is 11.7 Å². The third kappa shape index (κ3) is 1.95. The fraction of sp³-hybridized carbons (Fsp3) is 0.500. The second kappa shape index (κ2) is 4.77. The van der Waals surface area contributed by atoms with Crippen LogP contribution in [0, 0.1) is 5.92 Å². The smallest absolute Gasteiger partial charge is 0.0483 e. The Morgan fingerprint density at radius 1 is 1.33 bits per heavy atom. The number of para-hydroxylation sites is 1. The van der Waals surface area contributed by atoms with Gasteiger partial charge in [-0.1, -0.05) is 31.5 Å². The Morgan fingerprint density at radius 3 is 2.78 bits per heavy atom. The maximum atomic E-state index is 5.83. The van der Waals surface area contributed by atoms with Gasteiger partial charge in [-0.3, -0.25) is 0 Å². The minimum Gasteiger partial charge on any atom is -0.347 e. The SMILES string of the molecule is CC(CN)c1cn(CC2CCC2)c2ccccc12. The van der Waals surface area contributed by atoms with E-state index in [1.807, 2.05) is 0 Å². The number of hydrogen-bond donors (Lipinski definition) is 1. The van der Waals surface area contributed by atoms with Crippen LogP contribution in [0.2, 0.25) is 0 Å². The normalized spacial score (nSPS) is 17.9. The van der Waals surface area contributed by atoms with Crippen LogP contribution in [-0.2, 0) is 6.54 Å². The molecule has 2 N–H and O–H groups in total. The average Bonchev–Trinajstić information content (AvgIpc) is 2.72. The van der Waals surface area contributed by atoms with Gasteiger partial charge in [0.2, 0.25) is 0 Å². The van der Waals surface area contributed by atoms with Crippen molar-refractivity contribution < 1.29 is 0 Å². The minimum atomic E-state index is 0.442. The van der Waals surface area contributed by atoms with Gasteiger partial charge < -0.3 is 10.3 Å². The Kier molecular flexibility index (Phi) is 3.13. The molecule has 1 saturated carbocycles. The molecule has 2 aromatic rings. The highest BCUT2D eigenvalue weighted by Crippen LogP contribution is 2.32. The van der Waals surface area contributed by atoms with Gasteiger partial charge in [0.25, 0.3) is 0 Å². The largest absolute Gasteiger partial charge is 0.347 e. The summed E-state index contributed by atoms with van der Waals surface area (Å²) in [5, 5.41) is 1.38. The van der Waals surface area contributed by atoms with Crippen molar-refractivity contribution in [1.82, 2.24) is 4.57 Å². The monoisotopic (exact) mass is 242 g/mol. The number of aromatic nitrogens is 1. The van der Waals surface area contributed by atoms with Crippen molar-refractivity contribution >= 4 is 10.9 Å². The molecule has 1 heterocycles. The number of nitrogens with two attached hydrogens (primary N) is 1. The molecule has 1 aliphatic carbocycles. The van der Waals surface area contributed by atoms with Crippen LogP contribution in [0.15, 0.2) is 30.5 Å². The molecule has 0 amide bonds. The van der Waals surface area contributed by atoms with E-state index in [9.17, 15) is 0 Å². The maximum Gasteiger partial charge on any atom is 0.0483 e. The van der Waals surface area contributed by atoms with Gasteiger partial charge in [0.15, 0.2) is 0 Å². The molecule has 1 unspecified atom stereocenters. The Labute approximate surface area is 109 Å². The van der Waals surface area contributed by atoms with Gasteiger partial charge in [-0.15, -0.1) is 0 Å². The summed E-state index contributed by atoms with van der Waals surface area (Å²) in [6.45, 7) is 4.12. The highest BCUT2D eigenvalue weighted by atomic mass is 15.0. The summed E-state index contributed by atoms with van der Waals surface area (Å²) in [6.07, 6.45) is 6.54. The Hall–Kier alpha value is -1.28. The van der Waals surface area contributed by atoms with Crippen molar-refractivity contribution in [2.75, 3.05) is 6.54 Å². The van der Waals surface area contributed by atoms with Gasteiger partial charge in [-0.2, -0.15) is 0 Å². The summed E-state index contributed by atoms with van der Waals surface area (Å²) in [7, 11) is 0. The molecule has 3 rings (SSSR count). The zero-order valence-electron chi connectivity index (χ0n) is 11.1. The van der Waals surface area contributed by atoms with Crippen LogP contribution in [0.3, 0.4) is 0 Å². The van der Waals surface area contributed by atoms with Crippen molar-refractivity contribution in [3.05, 3.63) is 36.0 Å². The van der Waals surface area contributed by atoms with E-state index in [1.165, 1.54) is 42.3 Å². The first-order chi connectivity index (χ1) is 8.79. The minimum absolute atomic E-state index is 0.442. The lowest BCUT2D eigenvalue weighted by molar-refractivity contribution is 0.279. The van der Waals surface area contributed by atoms with Crippen LogP contribution in [-0.4, -0.2) is 11.1 Å². The summed E-state index contributed by atoms with van der Waals surface area (Å²) < 4.78 is 2.45. The fourth-order valence-corrected chi connectivity index (χ4v) is 2.90. The first-order valence-corrected chi connectivity index (χ1v) is 7.07. The summed E-state index contributed by atoms with van der Waals surface area (Å²) in [5.74, 6) is 1.33. The van der Waals surface area contributed by atoms with Crippen LogP contribution in [0.5, 0.6) is 0 Å². The molecule has 0 spiro atoms. The van der Waals surface area contributed by atoms with Gasteiger partial charge >= 0.3 is 0 Å². The Balaban J connectivity index is 2.02. The van der Waals surface area contributed by atoms with Crippen molar-refractivity contribution in [2.45, 2.75) is 38.6 Å². The van der Waals surface area contributed by atoms with Gasteiger partial charge in [0, 0.05) is 23.6 Å². The molecule has 2 heteroatoms. The summed E-state index contributed by atoms with van der Waals surface area (Å²) in [6, 6.07) is 8.73. The molecule has 0 aliphatic heterocycles. The van der Waals surface area contributed by atoms with Crippen molar-refractivity contribution in [3.8, 4) is 0 Å². The zero-order valence-corrected chi connectivity index (χ0v) is 11.1. The number of benzene rings is 1. The highest BCUT2D eigenvalue weighted by molar-refractivity contribution is 5.84. The predicted molar refractivity (Wildman–Crippen MR) is 76.7 cm³/mol. The van der Waals surface area contributed by atoms with E-state index in [4.69, 9.17) is 5.73 Å². The molecule has 1 fully saturated rings. The van der Waals surface area contributed by atoms with E-state index < -0.39 is 0 Å². The lowest BCUT2D eigenvalue weighted by Crippen LogP contribution is -2.17. The molecule has 1 atom stereocenters. The molecule has 0 bridgehead atoms. The number of nitrogens with zero attached hydrogens (tertiary/aromatic N) is 1. The van der Waals surface area contributed by atoms with Gasteiger partial charge in [0.1, 0.15) is 0 Å². The fourth-order valence-electron chi connectivity index (χ4n) is 2.90. The van der Waals surface area contributed by atoms with E-state index in [1.54, 1.807) is 0 Å². The van der Waals surface area contributed by atoms with E-state index in [0.717, 1.165) is 12.5 Å². The van der Waals surface area contributed by atoms with Gasteiger partial charge in [-0.05, 0) is 42.9 Å². The molecule has 18 heavy (non-hydrogen) atoms. The lowest BCUT2D eigenvalue weighted by Gasteiger charge is -2.26. The van der Waals surface area contributed by atoms with Gasteiger partial charge in [-0.25, -0.2) is 0 Å². The second-order valence-electron chi connectivity index (χ2n) is 5.69. The molecular formula is C16H22N2. The third-order valence-corrected chi connectivity index (χ3v) is 4.38. The van der Waals surface area contributed by atoms with Crippen LogP contribution in [0.1, 0.15) is 37.7 Å². The van der Waals surface area contributed by atoms with E-state index >= 15 is 0 Å². The predicted octanol–water partition coefficient (Wildman–Crippen LogP) is 3.50.